The molecule has 0 radical (unpaired) electrons. The third kappa shape index (κ3) is 2.10. The topological polar surface area (TPSA) is 29.1 Å². The van der Waals surface area contributed by atoms with Gasteiger partial charge in [0.25, 0.3) is 0 Å². The van der Waals surface area contributed by atoms with Crippen molar-refractivity contribution in [3.8, 4) is 0 Å². The summed E-state index contributed by atoms with van der Waals surface area (Å²) in [4.78, 5) is 12.6. The second-order valence-electron chi connectivity index (χ2n) is 7.01. The summed E-state index contributed by atoms with van der Waals surface area (Å²) >= 11 is 3.56. The van der Waals surface area contributed by atoms with Gasteiger partial charge in [0.05, 0.1) is 0 Å². The van der Waals surface area contributed by atoms with Crippen LogP contribution in [0.25, 0.3) is 10.8 Å². The first kappa shape index (κ1) is 14.6. The summed E-state index contributed by atoms with van der Waals surface area (Å²) < 4.78 is 1.04. The molecule has 0 aromatic heterocycles. The zero-order valence-electron chi connectivity index (χ0n) is 12.8. The van der Waals surface area contributed by atoms with Crippen LogP contribution in [0.3, 0.4) is 0 Å². The number of anilines is 1. The van der Waals surface area contributed by atoms with Gasteiger partial charge in [-0.05, 0) is 28.3 Å². The number of hydrogen-bond donors (Lipinski definition) is 1. The van der Waals surface area contributed by atoms with Crippen molar-refractivity contribution in [2.24, 2.45) is 16.7 Å². The fraction of sp³-hybridized carbons (Fsp3) is 0.389. The van der Waals surface area contributed by atoms with Crippen LogP contribution in [-0.2, 0) is 4.79 Å². The van der Waals surface area contributed by atoms with Crippen molar-refractivity contribution in [3.63, 3.8) is 0 Å². The van der Waals surface area contributed by atoms with E-state index in [0.29, 0.717) is 0 Å². The van der Waals surface area contributed by atoms with Crippen LogP contribution in [0.5, 0.6) is 0 Å². The lowest BCUT2D eigenvalue weighted by atomic mass is 10.0. The molecule has 0 unspecified atom stereocenters. The second kappa shape index (κ2) is 4.57. The Labute approximate surface area is 134 Å². The molecule has 0 heterocycles. The van der Waals surface area contributed by atoms with Crippen LogP contribution in [0.1, 0.15) is 27.7 Å². The van der Waals surface area contributed by atoms with Crippen molar-refractivity contribution in [2.75, 3.05) is 5.32 Å². The molecule has 1 saturated carbocycles. The van der Waals surface area contributed by atoms with Crippen LogP contribution in [-0.4, -0.2) is 5.91 Å². The Bertz CT molecular complexity index is 719. The number of carbonyl (C=O) groups is 1. The molecule has 0 atom stereocenters. The quantitative estimate of drug-likeness (QED) is 0.793. The SMILES string of the molecule is CC1(C)C(C(=O)Nc2ccc(Br)c3ccccc23)C1(C)C. The number of benzene rings is 2. The van der Waals surface area contributed by atoms with Crippen LogP contribution >= 0.6 is 15.9 Å². The predicted octanol–water partition coefficient (Wildman–Crippen LogP) is 5.22. The van der Waals surface area contributed by atoms with Gasteiger partial charge in [0.1, 0.15) is 0 Å². The molecule has 2 nitrogen and oxygen atoms in total. The lowest BCUT2D eigenvalue weighted by Crippen LogP contribution is -2.17. The highest BCUT2D eigenvalue weighted by molar-refractivity contribution is 9.10. The summed E-state index contributed by atoms with van der Waals surface area (Å²) in [6.07, 6.45) is 0. The zero-order chi connectivity index (χ0) is 15.4. The molecule has 21 heavy (non-hydrogen) atoms. The molecule has 1 amide bonds. The minimum Gasteiger partial charge on any atom is -0.325 e. The molecule has 1 N–H and O–H groups in total. The maximum absolute atomic E-state index is 12.6. The molecule has 2 aromatic carbocycles. The molecule has 1 aliphatic carbocycles. The van der Waals surface area contributed by atoms with Crippen LogP contribution < -0.4 is 5.32 Å². The van der Waals surface area contributed by atoms with E-state index in [-0.39, 0.29) is 22.7 Å². The summed E-state index contributed by atoms with van der Waals surface area (Å²) in [5, 5.41) is 5.31. The van der Waals surface area contributed by atoms with Crippen LogP contribution in [0.15, 0.2) is 40.9 Å². The fourth-order valence-electron chi connectivity index (χ4n) is 3.43. The number of fused-ring (bicyclic) bond motifs is 1. The summed E-state index contributed by atoms with van der Waals surface area (Å²) in [5.41, 5.74) is 1.00. The van der Waals surface area contributed by atoms with E-state index < -0.39 is 0 Å². The van der Waals surface area contributed by atoms with Gasteiger partial charge in [-0.3, -0.25) is 4.79 Å². The van der Waals surface area contributed by atoms with Crippen molar-refractivity contribution in [2.45, 2.75) is 27.7 Å². The normalized spacial score (nSPS) is 19.5. The standard InChI is InChI=1S/C18H20BrNO/c1-17(2)15(18(17,3)4)16(21)20-14-10-9-13(19)11-7-5-6-8-12(11)14/h5-10,15H,1-4H3,(H,20,21). The molecular weight excluding hydrogens is 326 g/mol. The van der Waals surface area contributed by atoms with Crippen LogP contribution in [0.2, 0.25) is 0 Å². The first-order chi connectivity index (χ1) is 9.76. The predicted molar refractivity (Wildman–Crippen MR) is 91.3 cm³/mol. The van der Waals surface area contributed by atoms with Gasteiger partial charge in [-0.2, -0.15) is 0 Å². The van der Waals surface area contributed by atoms with E-state index in [2.05, 4.69) is 55.0 Å². The average molecular weight is 346 g/mol. The largest absolute Gasteiger partial charge is 0.325 e. The lowest BCUT2D eigenvalue weighted by molar-refractivity contribution is -0.118. The van der Waals surface area contributed by atoms with E-state index >= 15 is 0 Å². The Balaban J connectivity index is 1.94. The Morgan fingerprint density at radius 2 is 1.57 bits per heavy atom. The number of hydrogen-bond acceptors (Lipinski definition) is 1. The molecule has 1 fully saturated rings. The average Bonchev–Trinajstić information content (AvgIpc) is 2.83. The summed E-state index contributed by atoms with van der Waals surface area (Å²) in [6.45, 7) is 8.65. The second-order valence-corrected chi connectivity index (χ2v) is 7.86. The Hall–Kier alpha value is -1.35. The maximum atomic E-state index is 12.6. The van der Waals surface area contributed by atoms with Crippen LogP contribution in [0.4, 0.5) is 5.69 Å². The van der Waals surface area contributed by atoms with E-state index in [1.807, 2.05) is 30.3 Å². The van der Waals surface area contributed by atoms with E-state index in [1.54, 1.807) is 0 Å². The zero-order valence-corrected chi connectivity index (χ0v) is 14.4. The number of nitrogens with one attached hydrogen (secondary N) is 1. The molecule has 2 aromatic rings. The number of amides is 1. The molecular formula is C18H20BrNO. The van der Waals surface area contributed by atoms with Gasteiger partial charge in [-0.15, -0.1) is 0 Å². The van der Waals surface area contributed by atoms with Crippen molar-refractivity contribution in [3.05, 3.63) is 40.9 Å². The molecule has 3 rings (SSSR count). The lowest BCUT2D eigenvalue weighted by Gasteiger charge is -2.11. The Morgan fingerprint density at radius 1 is 1.00 bits per heavy atom. The van der Waals surface area contributed by atoms with E-state index in [0.717, 1.165) is 20.9 Å². The summed E-state index contributed by atoms with van der Waals surface area (Å²) in [5.74, 6) is 0.185. The van der Waals surface area contributed by atoms with Gasteiger partial charge in [0, 0.05) is 21.5 Å². The first-order valence-electron chi connectivity index (χ1n) is 7.25. The van der Waals surface area contributed by atoms with Crippen molar-refractivity contribution in [1.29, 1.82) is 0 Å². The third-order valence-electron chi connectivity index (χ3n) is 5.41. The number of halogens is 1. The summed E-state index contributed by atoms with van der Waals surface area (Å²) in [6, 6.07) is 12.0. The van der Waals surface area contributed by atoms with E-state index in [9.17, 15) is 4.79 Å². The molecule has 0 bridgehead atoms. The number of rotatable bonds is 2. The van der Waals surface area contributed by atoms with Gasteiger partial charge in [-0.1, -0.05) is 67.9 Å². The van der Waals surface area contributed by atoms with Gasteiger partial charge in [0.2, 0.25) is 5.91 Å². The van der Waals surface area contributed by atoms with E-state index in [1.165, 1.54) is 0 Å². The van der Waals surface area contributed by atoms with Gasteiger partial charge in [-0.25, -0.2) is 0 Å². The highest BCUT2D eigenvalue weighted by Crippen LogP contribution is 2.68. The smallest absolute Gasteiger partial charge is 0.228 e. The van der Waals surface area contributed by atoms with Crippen molar-refractivity contribution in [1.82, 2.24) is 0 Å². The highest BCUT2D eigenvalue weighted by Gasteiger charge is 2.68. The summed E-state index contributed by atoms with van der Waals surface area (Å²) in [7, 11) is 0. The van der Waals surface area contributed by atoms with E-state index in [4.69, 9.17) is 0 Å². The monoisotopic (exact) mass is 345 g/mol. The van der Waals surface area contributed by atoms with Crippen LogP contribution in [0, 0.1) is 16.7 Å². The Kier molecular flexibility index (Phi) is 3.17. The molecule has 1 aliphatic rings. The van der Waals surface area contributed by atoms with Gasteiger partial charge < -0.3 is 5.32 Å². The maximum Gasteiger partial charge on any atom is 0.228 e. The van der Waals surface area contributed by atoms with Gasteiger partial charge in [0.15, 0.2) is 0 Å². The first-order valence-corrected chi connectivity index (χ1v) is 8.04. The highest BCUT2D eigenvalue weighted by atomic mass is 79.9. The molecule has 3 heteroatoms. The van der Waals surface area contributed by atoms with Crippen molar-refractivity contribution < 1.29 is 4.79 Å². The Morgan fingerprint density at radius 3 is 2.14 bits per heavy atom. The number of carbonyl (C=O) groups excluding carboxylic acids is 1. The minimum atomic E-state index is 0.0578. The van der Waals surface area contributed by atoms with Crippen molar-refractivity contribution >= 4 is 38.3 Å². The molecule has 0 aliphatic heterocycles. The fourth-order valence-corrected chi connectivity index (χ4v) is 3.91. The molecule has 0 spiro atoms. The molecule has 110 valence electrons. The molecule has 0 saturated heterocycles. The third-order valence-corrected chi connectivity index (χ3v) is 6.10. The minimum absolute atomic E-state index is 0.0578. The van der Waals surface area contributed by atoms with Gasteiger partial charge >= 0.3 is 0 Å².